The molecule has 1 aromatic carbocycles. The summed E-state index contributed by atoms with van der Waals surface area (Å²) in [7, 11) is 0. The third-order valence-corrected chi connectivity index (χ3v) is 5.42. The monoisotopic (exact) mass is 361 g/mol. The Morgan fingerprint density at radius 1 is 1.08 bits per heavy atom. The number of carbonyl (C=O) groups excluding carboxylic acids is 2. The van der Waals surface area contributed by atoms with E-state index < -0.39 is 0 Å². The van der Waals surface area contributed by atoms with E-state index in [1.165, 1.54) is 25.3 Å². The number of nitrogens with zero attached hydrogens (tertiary/aromatic N) is 1. The number of urea groups is 1. The SMILES string of the molecule is O=C(NCc1ccccc1F)[C@@H]1CCCN(C(=O)NC2CCCCC2)C1. The van der Waals surface area contributed by atoms with Crippen LogP contribution in [0.2, 0.25) is 0 Å². The average molecular weight is 361 g/mol. The average Bonchev–Trinajstić information content (AvgIpc) is 2.68. The van der Waals surface area contributed by atoms with E-state index in [-0.39, 0.29) is 36.3 Å². The Morgan fingerprint density at radius 3 is 2.62 bits per heavy atom. The van der Waals surface area contributed by atoms with Gasteiger partial charge in [-0.15, -0.1) is 0 Å². The zero-order valence-corrected chi connectivity index (χ0v) is 15.2. The first-order valence-electron chi connectivity index (χ1n) is 9.70. The van der Waals surface area contributed by atoms with Gasteiger partial charge < -0.3 is 15.5 Å². The zero-order chi connectivity index (χ0) is 18.4. The maximum atomic E-state index is 13.7. The lowest BCUT2D eigenvalue weighted by Crippen LogP contribution is -2.51. The molecule has 2 N–H and O–H groups in total. The predicted molar refractivity (Wildman–Crippen MR) is 97.9 cm³/mol. The summed E-state index contributed by atoms with van der Waals surface area (Å²) in [6.07, 6.45) is 7.27. The van der Waals surface area contributed by atoms with Crippen LogP contribution in [0.15, 0.2) is 24.3 Å². The van der Waals surface area contributed by atoms with Crippen molar-refractivity contribution in [1.82, 2.24) is 15.5 Å². The summed E-state index contributed by atoms with van der Waals surface area (Å²) < 4.78 is 13.7. The summed E-state index contributed by atoms with van der Waals surface area (Å²) in [5.74, 6) is -0.652. The second-order valence-electron chi connectivity index (χ2n) is 7.38. The largest absolute Gasteiger partial charge is 0.352 e. The van der Waals surface area contributed by atoms with Crippen LogP contribution < -0.4 is 10.6 Å². The molecule has 1 aliphatic heterocycles. The van der Waals surface area contributed by atoms with Crippen LogP contribution in [0.25, 0.3) is 0 Å². The van der Waals surface area contributed by atoms with Crippen LogP contribution in [0.3, 0.4) is 0 Å². The second kappa shape index (κ2) is 9.01. The maximum absolute atomic E-state index is 13.7. The lowest BCUT2D eigenvalue weighted by Gasteiger charge is -2.34. The van der Waals surface area contributed by atoms with E-state index in [9.17, 15) is 14.0 Å². The van der Waals surface area contributed by atoms with Gasteiger partial charge in [0.2, 0.25) is 5.91 Å². The van der Waals surface area contributed by atoms with Gasteiger partial charge in [0.1, 0.15) is 5.82 Å². The molecule has 1 atom stereocenters. The summed E-state index contributed by atoms with van der Waals surface area (Å²) in [6.45, 7) is 1.30. The fourth-order valence-electron chi connectivity index (χ4n) is 3.86. The Kier molecular flexibility index (Phi) is 6.47. The molecule has 1 saturated carbocycles. The first kappa shape index (κ1) is 18.7. The molecule has 0 bridgehead atoms. The Labute approximate surface area is 154 Å². The van der Waals surface area contributed by atoms with Crippen LogP contribution >= 0.6 is 0 Å². The van der Waals surface area contributed by atoms with Crippen molar-refractivity contribution in [3.05, 3.63) is 35.6 Å². The summed E-state index contributed by atoms with van der Waals surface area (Å²) in [4.78, 5) is 26.7. The lowest BCUT2D eigenvalue weighted by molar-refractivity contribution is -0.126. The number of rotatable bonds is 4. The quantitative estimate of drug-likeness (QED) is 0.865. The van der Waals surface area contributed by atoms with Crippen molar-refractivity contribution < 1.29 is 14.0 Å². The molecule has 0 aromatic heterocycles. The standard InChI is InChI=1S/C20H28FN3O2/c21-18-11-5-4-7-15(18)13-22-19(25)16-8-6-12-24(14-16)20(26)23-17-9-2-1-3-10-17/h4-5,7,11,16-17H,1-3,6,8-10,12-14H2,(H,22,25)(H,23,26)/t16-/m1/s1. The number of likely N-dealkylation sites (tertiary alicyclic amines) is 1. The van der Waals surface area contributed by atoms with Crippen molar-refractivity contribution >= 4 is 11.9 Å². The molecule has 2 aliphatic rings. The number of amides is 3. The van der Waals surface area contributed by atoms with Gasteiger partial charge >= 0.3 is 6.03 Å². The molecule has 2 fully saturated rings. The molecular formula is C20H28FN3O2. The van der Waals surface area contributed by atoms with Gasteiger partial charge in [0.05, 0.1) is 5.92 Å². The highest BCUT2D eigenvalue weighted by Crippen LogP contribution is 2.20. The number of hydrogen-bond donors (Lipinski definition) is 2. The predicted octanol–water partition coefficient (Wildman–Crippen LogP) is 3.20. The van der Waals surface area contributed by atoms with Crippen LogP contribution in [0.4, 0.5) is 9.18 Å². The third-order valence-electron chi connectivity index (χ3n) is 5.42. The molecule has 3 rings (SSSR count). The zero-order valence-electron chi connectivity index (χ0n) is 15.2. The molecular weight excluding hydrogens is 333 g/mol. The van der Waals surface area contributed by atoms with E-state index in [1.807, 2.05) is 0 Å². The van der Waals surface area contributed by atoms with Gasteiger partial charge in [0.25, 0.3) is 0 Å². The minimum Gasteiger partial charge on any atom is -0.352 e. The van der Waals surface area contributed by atoms with Crippen molar-refractivity contribution in [2.45, 2.75) is 57.5 Å². The van der Waals surface area contributed by atoms with Gasteiger partial charge in [-0.2, -0.15) is 0 Å². The smallest absolute Gasteiger partial charge is 0.317 e. The van der Waals surface area contributed by atoms with E-state index >= 15 is 0 Å². The van der Waals surface area contributed by atoms with E-state index in [0.29, 0.717) is 18.7 Å². The van der Waals surface area contributed by atoms with Crippen molar-refractivity contribution in [1.29, 1.82) is 0 Å². The Balaban J connectivity index is 1.48. The first-order chi connectivity index (χ1) is 12.6. The third kappa shape index (κ3) is 4.96. The Bertz CT molecular complexity index is 631. The molecule has 0 unspecified atom stereocenters. The summed E-state index contributed by atoms with van der Waals surface area (Å²) in [6, 6.07) is 6.66. The number of nitrogens with one attached hydrogen (secondary N) is 2. The highest BCUT2D eigenvalue weighted by atomic mass is 19.1. The Morgan fingerprint density at radius 2 is 1.85 bits per heavy atom. The fourth-order valence-corrected chi connectivity index (χ4v) is 3.86. The summed E-state index contributed by atoms with van der Waals surface area (Å²) >= 11 is 0. The minimum absolute atomic E-state index is 0.0523. The van der Waals surface area contributed by atoms with Crippen molar-refractivity contribution in [2.24, 2.45) is 5.92 Å². The van der Waals surface area contributed by atoms with Crippen molar-refractivity contribution in [3.63, 3.8) is 0 Å². The van der Waals surface area contributed by atoms with Gasteiger partial charge in [-0.25, -0.2) is 9.18 Å². The van der Waals surface area contributed by atoms with Crippen molar-refractivity contribution in [2.75, 3.05) is 13.1 Å². The first-order valence-corrected chi connectivity index (χ1v) is 9.70. The van der Waals surface area contributed by atoms with Gasteiger partial charge in [-0.05, 0) is 31.7 Å². The number of piperidine rings is 1. The number of benzene rings is 1. The molecule has 1 heterocycles. The molecule has 6 heteroatoms. The highest BCUT2D eigenvalue weighted by Gasteiger charge is 2.29. The molecule has 1 aliphatic carbocycles. The van der Waals surface area contributed by atoms with Gasteiger partial charge in [-0.3, -0.25) is 4.79 Å². The van der Waals surface area contributed by atoms with Crippen LogP contribution in [-0.4, -0.2) is 36.0 Å². The molecule has 0 radical (unpaired) electrons. The van der Waals surface area contributed by atoms with E-state index in [4.69, 9.17) is 0 Å². The van der Waals surface area contributed by atoms with Gasteiger partial charge in [-0.1, -0.05) is 37.5 Å². The molecule has 142 valence electrons. The molecule has 0 spiro atoms. The van der Waals surface area contributed by atoms with E-state index in [0.717, 1.165) is 25.7 Å². The highest BCUT2D eigenvalue weighted by molar-refractivity contribution is 5.81. The van der Waals surface area contributed by atoms with Crippen molar-refractivity contribution in [3.8, 4) is 0 Å². The Hall–Kier alpha value is -2.11. The van der Waals surface area contributed by atoms with Gasteiger partial charge in [0.15, 0.2) is 0 Å². The summed E-state index contributed by atoms with van der Waals surface area (Å²) in [5, 5.41) is 5.93. The number of halogens is 1. The van der Waals surface area contributed by atoms with Gasteiger partial charge in [0, 0.05) is 31.2 Å². The molecule has 3 amide bonds. The maximum Gasteiger partial charge on any atom is 0.317 e. The summed E-state index contributed by atoms with van der Waals surface area (Å²) in [5.41, 5.74) is 0.476. The van der Waals surface area contributed by atoms with Crippen LogP contribution in [-0.2, 0) is 11.3 Å². The lowest BCUT2D eigenvalue weighted by atomic mass is 9.95. The normalized spacial score (nSPS) is 21.3. The van der Waals surface area contributed by atoms with E-state index in [2.05, 4.69) is 10.6 Å². The molecule has 1 aromatic rings. The van der Waals surface area contributed by atoms with E-state index in [1.54, 1.807) is 23.1 Å². The van der Waals surface area contributed by atoms with Crippen LogP contribution in [0.5, 0.6) is 0 Å². The molecule has 5 nitrogen and oxygen atoms in total. The van der Waals surface area contributed by atoms with Crippen LogP contribution in [0.1, 0.15) is 50.5 Å². The second-order valence-corrected chi connectivity index (χ2v) is 7.38. The van der Waals surface area contributed by atoms with Crippen LogP contribution in [0, 0.1) is 11.7 Å². The minimum atomic E-state index is -0.315. The fraction of sp³-hybridized carbons (Fsp3) is 0.600. The topological polar surface area (TPSA) is 61.4 Å². The number of hydrogen-bond acceptors (Lipinski definition) is 2. The molecule has 1 saturated heterocycles. The number of carbonyl (C=O) groups is 2. The molecule has 26 heavy (non-hydrogen) atoms.